The van der Waals surface area contributed by atoms with Crippen molar-refractivity contribution in [3.8, 4) is 5.75 Å². The highest BCUT2D eigenvalue weighted by atomic mass is 32.2. The Kier molecular flexibility index (Phi) is 7.53. The number of alkyl halides is 2. The summed E-state index contributed by atoms with van der Waals surface area (Å²) >= 11 is 2.44. The van der Waals surface area contributed by atoms with E-state index in [0.717, 1.165) is 23.0 Å². The van der Waals surface area contributed by atoms with Crippen LogP contribution in [0.15, 0.2) is 46.8 Å². The van der Waals surface area contributed by atoms with Gasteiger partial charge in [0.25, 0.3) is 5.91 Å². The van der Waals surface area contributed by atoms with Crippen LogP contribution in [0.5, 0.6) is 5.75 Å². The van der Waals surface area contributed by atoms with Gasteiger partial charge < -0.3 is 10.1 Å². The molecule has 162 valence electrons. The molecule has 3 rings (SSSR count). The van der Waals surface area contributed by atoms with E-state index >= 15 is 0 Å². The molecule has 31 heavy (non-hydrogen) atoms. The smallest absolute Gasteiger partial charge is 0.387 e. The van der Waals surface area contributed by atoms with Gasteiger partial charge in [-0.2, -0.15) is 8.78 Å². The predicted octanol–water partition coefficient (Wildman–Crippen LogP) is 4.55. The van der Waals surface area contributed by atoms with Gasteiger partial charge in [0.2, 0.25) is 11.0 Å². The van der Waals surface area contributed by atoms with Crippen molar-refractivity contribution in [2.45, 2.75) is 24.8 Å². The number of carbonyl (C=O) groups excluding carboxylic acids is 2. The molecule has 0 spiro atoms. The Morgan fingerprint density at radius 1 is 1.10 bits per heavy atom. The fourth-order valence-electron chi connectivity index (χ4n) is 2.41. The Morgan fingerprint density at radius 2 is 1.84 bits per heavy atom. The van der Waals surface area contributed by atoms with Crippen LogP contribution in [-0.2, 0) is 4.79 Å². The maximum atomic E-state index is 12.2. The number of imide groups is 1. The molecular weight excluding hydrogens is 446 g/mol. The predicted molar refractivity (Wildman–Crippen MR) is 115 cm³/mol. The molecule has 1 heterocycles. The summed E-state index contributed by atoms with van der Waals surface area (Å²) in [7, 11) is 0. The average molecular weight is 465 g/mol. The molecule has 0 atom stereocenters. The molecular formula is C20H18F2N4O3S2. The largest absolute Gasteiger partial charge is 0.435 e. The van der Waals surface area contributed by atoms with Gasteiger partial charge in [-0.25, -0.2) is 0 Å². The molecule has 1 aromatic heterocycles. The molecule has 0 radical (unpaired) electrons. The van der Waals surface area contributed by atoms with Crippen LogP contribution in [0.2, 0.25) is 0 Å². The quantitative estimate of drug-likeness (QED) is 0.473. The molecule has 0 fully saturated rings. The molecule has 2 N–H and O–H groups in total. The first-order chi connectivity index (χ1) is 14.8. The molecule has 2 aromatic carbocycles. The Hall–Kier alpha value is -3.05. The van der Waals surface area contributed by atoms with Gasteiger partial charge in [0.15, 0.2) is 4.34 Å². The van der Waals surface area contributed by atoms with Crippen molar-refractivity contribution in [2.75, 3.05) is 11.1 Å². The van der Waals surface area contributed by atoms with Crippen LogP contribution in [0.1, 0.15) is 21.5 Å². The van der Waals surface area contributed by atoms with E-state index < -0.39 is 18.4 Å². The van der Waals surface area contributed by atoms with Crippen LogP contribution in [0, 0.1) is 13.8 Å². The SMILES string of the molecule is Cc1ccc(Nc2nnc(SCC(=O)NC(=O)c3ccc(OC(F)F)cc3)s2)cc1C. The van der Waals surface area contributed by atoms with E-state index in [4.69, 9.17) is 0 Å². The second-order valence-electron chi connectivity index (χ2n) is 6.37. The number of carbonyl (C=O) groups is 2. The lowest BCUT2D eigenvalue weighted by atomic mass is 10.1. The molecule has 2 amide bonds. The van der Waals surface area contributed by atoms with E-state index in [1.165, 1.54) is 41.2 Å². The van der Waals surface area contributed by atoms with Gasteiger partial charge in [-0.15, -0.1) is 10.2 Å². The number of hydrogen-bond donors (Lipinski definition) is 2. The zero-order valence-electron chi connectivity index (χ0n) is 16.5. The number of thioether (sulfide) groups is 1. The fourth-order valence-corrected chi connectivity index (χ4v) is 3.98. The fraction of sp³-hybridized carbons (Fsp3) is 0.200. The Balaban J connectivity index is 1.48. The molecule has 0 saturated carbocycles. The van der Waals surface area contributed by atoms with Crippen molar-refractivity contribution in [1.82, 2.24) is 15.5 Å². The summed E-state index contributed by atoms with van der Waals surface area (Å²) in [5, 5.41) is 14.1. The van der Waals surface area contributed by atoms with Crippen molar-refractivity contribution in [3.63, 3.8) is 0 Å². The summed E-state index contributed by atoms with van der Waals surface area (Å²) in [6.07, 6.45) is 0. The highest BCUT2D eigenvalue weighted by molar-refractivity contribution is 8.01. The maximum Gasteiger partial charge on any atom is 0.387 e. The van der Waals surface area contributed by atoms with E-state index in [9.17, 15) is 18.4 Å². The van der Waals surface area contributed by atoms with E-state index in [0.29, 0.717) is 9.47 Å². The van der Waals surface area contributed by atoms with E-state index in [1.54, 1.807) is 0 Å². The van der Waals surface area contributed by atoms with Crippen molar-refractivity contribution >= 4 is 45.7 Å². The molecule has 11 heteroatoms. The number of amides is 2. The Labute approximate surface area is 185 Å². The molecule has 0 aliphatic rings. The van der Waals surface area contributed by atoms with Gasteiger partial charge in [-0.05, 0) is 61.4 Å². The first kappa shape index (κ1) is 22.6. The lowest BCUT2D eigenvalue weighted by Gasteiger charge is -2.06. The number of aryl methyl sites for hydroxylation is 2. The molecule has 0 aliphatic carbocycles. The van der Waals surface area contributed by atoms with Crippen LogP contribution in [0.25, 0.3) is 0 Å². The number of benzene rings is 2. The lowest BCUT2D eigenvalue weighted by Crippen LogP contribution is -2.31. The third-order valence-electron chi connectivity index (χ3n) is 4.09. The summed E-state index contributed by atoms with van der Waals surface area (Å²) < 4.78 is 29.1. The minimum atomic E-state index is -2.95. The minimum Gasteiger partial charge on any atom is -0.435 e. The van der Waals surface area contributed by atoms with Gasteiger partial charge in [-0.1, -0.05) is 29.2 Å². The van der Waals surface area contributed by atoms with E-state index in [1.807, 2.05) is 32.0 Å². The van der Waals surface area contributed by atoms with Gasteiger partial charge in [0.05, 0.1) is 5.75 Å². The van der Waals surface area contributed by atoms with E-state index in [-0.39, 0.29) is 17.1 Å². The monoisotopic (exact) mass is 464 g/mol. The van der Waals surface area contributed by atoms with Gasteiger partial charge in [-0.3, -0.25) is 14.9 Å². The van der Waals surface area contributed by atoms with E-state index in [2.05, 4.69) is 25.6 Å². The molecule has 0 aliphatic heterocycles. The second kappa shape index (κ2) is 10.3. The number of halogens is 2. The average Bonchev–Trinajstić information content (AvgIpc) is 3.16. The van der Waals surface area contributed by atoms with Gasteiger partial charge in [0, 0.05) is 11.3 Å². The second-order valence-corrected chi connectivity index (χ2v) is 8.57. The Bertz CT molecular complexity index is 1070. The van der Waals surface area contributed by atoms with Crippen molar-refractivity contribution in [3.05, 3.63) is 59.2 Å². The number of anilines is 2. The number of aromatic nitrogens is 2. The lowest BCUT2D eigenvalue weighted by molar-refractivity contribution is -0.117. The number of rotatable bonds is 8. The summed E-state index contributed by atoms with van der Waals surface area (Å²) in [4.78, 5) is 24.1. The maximum absolute atomic E-state index is 12.2. The van der Waals surface area contributed by atoms with Gasteiger partial charge >= 0.3 is 6.61 Å². The normalized spacial score (nSPS) is 10.7. The molecule has 7 nitrogen and oxygen atoms in total. The van der Waals surface area contributed by atoms with Crippen molar-refractivity contribution in [2.24, 2.45) is 0 Å². The summed E-state index contributed by atoms with van der Waals surface area (Å²) in [6.45, 7) is 1.11. The third kappa shape index (κ3) is 6.72. The first-order valence-corrected chi connectivity index (χ1v) is 10.8. The first-order valence-electron chi connectivity index (χ1n) is 9.00. The zero-order chi connectivity index (χ0) is 22.4. The molecule has 3 aromatic rings. The van der Waals surface area contributed by atoms with Crippen molar-refractivity contribution in [1.29, 1.82) is 0 Å². The molecule has 0 saturated heterocycles. The minimum absolute atomic E-state index is 0.0312. The van der Waals surface area contributed by atoms with Crippen LogP contribution in [0.3, 0.4) is 0 Å². The highest BCUT2D eigenvalue weighted by Gasteiger charge is 2.13. The van der Waals surface area contributed by atoms with Crippen LogP contribution >= 0.6 is 23.1 Å². The summed E-state index contributed by atoms with van der Waals surface area (Å²) in [6, 6.07) is 11.0. The standard InChI is InChI=1S/C20H18F2N4O3S2/c1-11-3-6-14(9-12(11)2)23-19-25-26-20(31-19)30-10-16(27)24-17(28)13-4-7-15(8-5-13)29-18(21)22/h3-9,18H,10H2,1-2H3,(H,23,25)(H,24,27,28). The van der Waals surface area contributed by atoms with Crippen LogP contribution in [0.4, 0.5) is 19.6 Å². The van der Waals surface area contributed by atoms with Gasteiger partial charge in [0.1, 0.15) is 5.75 Å². The topological polar surface area (TPSA) is 93.2 Å². The van der Waals surface area contributed by atoms with Crippen molar-refractivity contribution < 1.29 is 23.1 Å². The van der Waals surface area contributed by atoms with Crippen LogP contribution < -0.4 is 15.4 Å². The molecule has 0 unspecified atom stereocenters. The Morgan fingerprint density at radius 3 is 2.52 bits per heavy atom. The molecule has 0 bridgehead atoms. The number of ether oxygens (including phenoxy) is 1. The summed E-state index contributed by atoms with van der Waals surface area (Å²) in [5.74, 6) is -1.25. The zero-order valence-corrected chi connectivity index (χ0v) is 18.2. The van der Waals surface area contributed by atoms with Crippen LogP contribution in [-0.4, -0.2) is 34.4 Å². The summed E-state index contributed by atoms with van der Waals surface area (Å²) in [5.41, 5.74) is 3.39. The number of nitrogens with one attached hydrogen (secondary N) is 2. The number of nitrogens with zero attached hydrogens (tertiary/aromatic N) is 2. The number of hydrogen-bond acceptors (Lipinski definition) is 8. The third-order valence-corrected chi connectivity index (χ3v) is 6.06. The highest BCUT2D eigenvalue weighted by Crippen LogP contribution is 2.28.